The van der Waals surface area contributed by atoms with Gasteiger partial charge in [0.2, 0.25) is 12.0 Å². The second kappa shape index (κ2) is 11.7. The van der Waals surface area contributed by atoms with Gasteiger partial charge in [-0.1, -0.05) is 18.2 Å². The highest BCUT2D eigenvalue weighted by molar-refractivity contribution is 6.09. The number of phenols is 3. The second-order valence-corrected chi connectivity index (χ2v) is 8.08. The molecule has 0 unspecified atom stereocenters. The molecule has 1 heterocycles. The first kappa shape index (κ1) is 27.5. The van der Waals surface area contributed by atoms with Crippen LogP contribution in [0.3, 0.4) is 0 Å². The molecule has 2 aromatic rings. The molecule has 198 valence electrons. The van der Waals surface area contributed by atoms with Crippen LogP contribution in [0.5, 0.6) is 23.0 Å². The average molecular weight is 518 g/mol. The van der Waals surface area contributed by atoms with Crippen molar-refractivity contribution < 1.29 is 58.9 Å². The molecule has 0 aliphatic carbocycles. The normalized spacial score (nSPS) is 23.4. The summed E-state index contributed by atoms with van der Waals surface area (Å²) < 4.78 is 21.1. The molecule has 0 amide bonds. The van der Waals surface area contributed by atoms with Gasteiger partial charge in [0.25, 0.3) is 0 Å². The molecule has 0 radical (unpaired) electrons. The molecule has 0 aromatic heterocycles. The largest absolute Gasteiger partial charge is 0.508 e. The van der Waals surface area contributed by atoms with Gasteiger partial charge < -0.3 is 44.5 Å². The predicted molar refractivity (Wildman–Crippen MR) is 125 cm³/mol. The van der Waals surface area contributed by atoms with Crippen molar-refractivity contribution in [1.82, 2.24) is 0 Å². The Morgan fingerprint density at radius 2 is 1.54 bits per heavy atom. The quantitative estimate of drug-likeness (QED) is 0.145. The summed E-state index contributed by atoms with van der Waals surface area (Å²) in [5.74, 6) is -4.24. The van der Waals surface area contributed by atoms with Gasteiger partial charge in [-0.2, -0.15) is 0 Å². The van der Waals surface area contributed by atoms with E-state index in [0.717, 1.165) is 32.1 Å². The number of hydrogen-bond acceptors (Lipinski definition) is 12. The second-order valence-electron chi connectivity index (χ2n) is 8.08. The van der Waals surface area contributed by atoms with Gasteiger partial charge in [-0.25, -0.2) is 0 Å². The number of esters is 2. The summed E-state index contributed by atoms with van der Waals surface area (Å²) >= 11 is 0. The van der Waals surface area contributed by atoms with Crippen molar-refractivity contribution >= 4 is 23.8 Å². The number of aliphatic hydroxyl groups excluding tert-OH is 2. The van der Waals surface area contributed by atoms with E-state index in [0.29, 0.717) is 5.56 Å². The first-order chi connectivity index (χ1) is 17.5. The Bertz CT molecular complexity index is 1170. The Morgan fingerprint density at radius 3 is 2.14 bits per heavy atom. The van der Waals surface area contributed by atoms with E-state index in [9.17, 15) is 39.9 Å². The van der Waals surface area contributed by atoms with Crippen LogP contribution < -0.4 is 4.74 Å². The van der Waals surface area contributed by atoms with Gasteiger partial charge >= 0.3 is 11.9 Å². The van der Waals surface area contributed by atoms with Gasteiger partial charge in [0.05, 0.1) is 12.2 Å². The minimum absolute atomic E-state index is 0.0556. The van der Waals surface area contributed by atoms with Crippen LogP contribution in [0, 0.1) is 0 Å². The molecule has 1 aliphatic rings. The van der Waals surface area contributed by atoms with E-state index in [-0.39, 0.29) is 11.3 Å². The molecule has 12 heteroatoms. The van der Waals surface area contributed by atoms with Crippen LogP contribution in [0.15, 0.2) is 42.5 Å². The molecule has 1 aliphatic heterocycles. The Kier molecular flexibility index (Phi) is 8.71. The van der Waals surface area contributed by atoms with Gasteiger partial charge in [0.15, 0.2) is 35.6 Å². The molecule has 1 saturated heterocycles. The lowest BCUT2D eigenvalue weighted by atomic mass is 9.98. The summed E-state index contributed by atoms with van der Waals surface area (Å²) in [5.41, 5.74) is 0.344. The third kappa shape index (κ3) is 6.55. The predicted octanol–water partition coefficient (Wildman–Crippen LogP) is 1.02. The standard InChI is InChI=1S/C25H26O12/c1-12(27)34-23-19(11-26)37-25(22(33)24(23)35-13(2)28)36-18-10-8-16(20(31)21(18)32)17(30)9-5-14-3-6-15(29)7-4-14/h3-10,19,22-26,29,31-33H,11H2,1-2H3/t19-,22-,23-,24-,25-/m1/s1. The first-order valence-electron chi connectivity index (χ1n) is 11.0. The zero-order valence-corrected chi connectivity index (χ0v) is 19.8. The third-order valence-electron chi connectivity index (χ3n) is 5.34. The van der Waals surface area contributed by atoms with Crippen molar-refractivity contribution in [3.8, 4) is 23.0 Å². The minimum Gasteiger partial charge on any atom is -0.508 e. The van der Waals surface area contributed by atoms with Crippen LogP contribution in [0.1, 0.15) is 29.8 Å². The van der Waals surface area contributed by atoms with Crippen molar-refractivity contribution in [3.05, 3.63) is 53.6 Å². The van der Waals surface area contributed by atoms with Crippen molar-refractivity contribution in [2.75, 3.05) is 6.61 Å². The molecule has 0 spiro atoms. The number of carbonyl (C=O) groups excluding carboxylic acids is 3. The van der Waals surface area contributed by atoms with Crippen LogP contribution >= 0.6 is 0 Å². The number of hydrogen-bond donors (Lipinski definition) is 5. The van der Waals surface area contributed by atoms with Crippen LogP contribution in [0.4, 0.5) is 0 Å². The Hall–Kier alpha value is -4.13. The number of benzene rings is 2. The lowest BCUT2D eigenvalue weighted by Crippen LogP contribution is -2.62. The highest BCUT2D eigenvalue weighted by atomic mass is 16.7. The van der Waals surface area contributed by atoms with E-state index in [4.69, 9.17) is 18.9 Å². The van der Waals surface area contributed by atoms with Crippen LogP contribution in [0.25, 0.3) is 6.08 Å². The number of ether oxygens (including phenoxy) is 4. The third-order valence-corrected chi connectivity index (χ3v) is 5.34. The van der Waals surface area contributed by atoms with E-state index in [1.165, 1.54) is 18.2 Å². The maximum atomic E-state index is 12.5. The van der Waals surface area contributed by atoms with Gasteiger partial charge in [-0.05, 0) is 35.9 Å². The maximum absolute atomic E-state index is 12.5. The fraction of sp³-hybridized carbons (Fsp3) is 0.320. The zero-order chi connectivity index (χ0) is 27.3. The topological polar surface area (TPSA) is 189 Å². The van der Waals surface area contributed by atoms with Crippen molar-refractivity contribution in [3.63, 3.8) is 0 Å². The molecule has 0 bridgehead atoms. The van der Waals surface area contributed by atoms with Crippen molar-refractivity contribution in [2.45, 2.75) is 44.6 Å². The summed E-state index contributed by atoms with van der Waals surface area (Å²) in [6.45, 7) is 1.44. The van der Waals surface area contributed by atoms with E-state index in [1.54, 1.807) is 12.1 Å². The fourth-order valence-electron chi connectivity index (χ4n) is 3.63. The van der Waals surface area contributed by atoms with Crippen molar-refractivity contribution in [1.29, 1.82) is 0 Å². The molecule has 0 saturated carbocycles. The van der Waals surface area contributed by atoms with E-state index >= 15 is 0 Å². The Labute approximate surface area is 210 Å². The van der Waals surface area contributed by atoms with Crippen LogP contribution in [-0.4, -0.2) is 80.6 Å². The highest BCUT2D eigenvalue weighted by Gasteiger charge is 2.50. The van der Waals surface area contributed by atoms with Crippen molar-refractivity contribution in [2.24, 2.45) is 0 Å². The zero-order valence-electron chi connectivity index (χ0n) is 19.8. The number of rotatable bonds is 8. The molecule has 12 nitrogen and oxygen atoms in total. The molecule has 5 N–H and O–H groups in total. The number of ketones is 1. The van der Waals surface area contributed by atoms with E-state index in [2.05, 4.69) is 0 Å². The number of allylic oxidation sites excluding steroid dienone is 1. The lowest BCUT2D eigenvalue weighted by molar-refractivity contribution is -0.284. The highest BCUT2D eigenvalue weighted by Crippen LogP contribution is 2.40. The summed E-state index contributed by atoms with van der Waals surface area (Å²) in [4.78, 5) is 35.6. The summed E-state index contributed by atoms with van der Waals surface area (Å²) in [6.07, 6.45) is -4.91. The van der Waals surface area contributed by atoms with Gasteiger partial charge in [-0.3, -0.25) is 14.4 Å². The fourth-order valence-corrected chi connectivity index (χ4v) is 3.63. The average Bonchev–Trinajstić information content (AvgIpc) is 2.84. The van der Waals surface area contributed by atoms with E-state index in [1.807, 2.05) is 0 Å². The molecule has 1 fully saturated rings. The summed E-state index contributed by atoms with van der Waals surface area (Å²) in [7, 11) is 0. The van der Waals surface area contributed by atoms with E-state index < -0.39 is 72.3 Å². The maximum Gasteiger partial charge on any atom is 0.303 e. The molecule has 3 rings (SSSR count). The summed E-state index contributed by atoms with van der Waals surface area (Å²) in [5, 5.41) is 50.6. The smallest absolute Gasteiger partial charge is 0.303 e. The monoisotopic (exact) mass is 518 g/mol. The Morgan fingerprint density at radius 1 is 0.919 bits per heavy atom. The number of carbonyl (C=O) groups is 3. The molecular formula is C25H26O12. The first-order valence-corrected chi connectivity index (χ1v) is 11.0. The lowest BCUT2D eigenvalue weighted by Gasteiger charge is -2.42. The number of aromatic hydroxyl groups is 3. The number of aliphatic hydroxyl groups is 2. The molecular weight excluding hydrogens is 492 g/mol. The SMILES string of the molecule is CC(=O)O[C@@H]1[C@@H](O)[C@H](Oc2ccc(C(=O)C=Cc3ccc(O)cc3)c(O)c2O)O[C@H](CO)[C@H]1OC(C)=O. The molecule has 37 heavy (non-hydrogen) atoms. The van der Waals surface area contributed by atoms with Crippen LogP contribution in [0.2, 0.25) is 0 Å². The Balaban J connectivity index is 1.82. The molecule has 2 aromatic carbocycles. The summed E-state index contributed by atoms with van der Waals surface area (Å²) in [6, 6.07) is 8.30. The van der Waals surface area contributed by atoms with Gasteiger partial charge in [0, 0.05) is 13.8 Å². The van der Waals surface area contributed by atoms with Crippen LogP contribution in [-0.2, 0) is 23.8 Å². The molecule has 5 atom stereocenters. The van der Waals surface area contributed by atoms with Gasteiger partial charge in [-0.15, -0.1) is 0 Å². The van der Waals surface area contributed by atoms with Gasteiger partial charge in [0.1, 0.15) is 11.9 Å². The number of phenolic OH excluding ortho intramolecular Hbond substituents is 3. The minimum atomic E-state index is -1.74.